The van der Waals surface area contributed by atoms with Crippen LogP contribution in [0.5, 0.6) is 0 Å². The van der Waals surface area contributed by atoms with Crippen molar-refractivity contribution in [3.63, 3.8) is 0 Å². The van der Waals surface area contributed by atoms with E-state index in [2.05, 4.69) is 12.6 Å². The van der Waals surface area contributed by atoms with Gasteiger partial charge in [0.25, 0.3) is 0 Å². The van der Waals surface area contributed by atoms with E-state index < -0.39 is 5.60 Å². The molecule has 1 aliphatic rings. The predicted molar refractivity (Wildman–Crippen MR) is 65.6 cm³/mol. The summed E-state index contributed by atoms with van der Waals surface area (Å²) in [5.41, 5.74) is -0.397. The molecular weight excluding hydrogens is 218 g/mol. The summed E-state index contributed by atoms with van der Waals surface area (Å²) in [6.45, 7) is 7.10. The lowest BCUT2D eigenvalue weighted by atomic mass is 10.2. The SMILES string of the molecule is CC(C)(C)OC(=O)N1CC[C@H](S)C1.S. The van der Waals surface area contributed by atoms with E-state index in [0.717, 1.165) is 13.0 Å². The molecule has 0 aromatic carbocycles. The lowest BCUT2D eigenvalue weighted by Crippen LogP contribution is -2.35. The highest BCUT2D eigenvalue weighted by Gasteiger charge is 2.27. The van der Waals surface area contributed by atoms with Gasteiger partial charge < -0.3 is 9.64 Å². The van der Waals surface area contributed by atoms with Crippen molar-refractivity contribution in [2.75, 3.05) is 13.1 Å². The molecule has 0 aromatic heterocycles. The Morgan fingerprint density at radius 2 is 2.07 bits per heavy atom. The van der Waals surface area contributed by atoms with Crippen molar-refractivity contribution in [2.24, 2.45) is 0 Å². The van der Waals surface area contributed by atoms with Gasteiger partial charge in [0.05, 0.1) is 0 Å². The number of hydrogen-bond acceptors (Lipinski definition) is 3. The van der Waals surface area contributed by atoms with Gasteiger partial charge in [-0.15, -0.1) is 0 Å². The van der Waals surface area contributed by atoms with Crippen LogP contribution in [0.3, 0.4) is 0 Å². The third-order valence-electron chi connectivity index (χ3n) is 1.82. The van der Waals surface area contributed by atoms with Crippen molar-refractivity contribution in [3.05, 3.63) is 0 Å². The molecule has 1 fully saturated rings. The number of carbonyl (C=O) groups excluding carboxylic acids is 1. The van der Waals surface area contributed by atoms with Gasteiger partial charge >= 0.3 is 6.09 Å². The van der Waals surface area contributed by atoms with Crippen molar-refractivity contribution in [1.82, 2.24) is 4.90 Å². The fourth-order valence-corrected chi connectivity index (χ4v) is 1.55. The van der Waals surface area contributed by atoms with E-state index in [1.165, 1.54) is 0 Å². The Morgan fingerprint density at radius 1 is 1.50 bits per heavy atom. The quantitative estimate of drug-likeness (QED) is 0.653. The van der Waals surface area contributed by atoms with Crippen LogP contribution in [0.25, 0.3) is 0 Å². The molecule has 84 valence electrons. The zero-order valence-corrected chi connectivity index (χ0v) is 10.8. The van der Waals surface area contributed by atoms with Crippen molar-refractivity contribution >= 4 is 32.2 Å². The van der Waals surface area contributed by atoms with E-state index in [1.54, 1.807) is 4.90 Å². The molecule has 1 saturated heterocycles. The van der Waals surface area contributed by atoms with Crippen molar-refractivity contribution in [3.8, 4) is 0 Å². The smallest absolute Gasteiger partial charge is 0.410 e. The van der Waals surface area contributed by atoms with E-state index in [9.17, 15) is 4.79 Å². The van der Waals surface area contributed by atoms with Crippen LogP contribution in [0.4, 0.5) is 4.79 Å². The van der Waals surface area contributed by atoms with Crippen LogP contribution in [0.2, 0.25) is 0 Å². The average molecular weight is 237 g/mol. The van der Waals surface area contributed by atoms with Crippen LogP contribution in [-0.4, -0.2) is 34.9 Å². The summed E-state index contributed by atoms with van der Waals surface area (Å²) >= 11 is 4.31. The monoisotopic (exact) mass is 237 g/mol. The molecule has 1 aliphatic heterocycles. The Labute approximate surface area is 98.0 Å². The minimum Gasteiger partial charge on any atom is -0.444 e. The number of amides is 1. The molecule has 0 saturated carbocycles. The van der Waals surface area contributed by atoms with Crippen LogP contribution < -0.4 is 0 Å². The highest BCUT2D eigenvalue weighted by atomic mass is 32.1. The topological polar surface area (TPSA) is 29.5 Å². The zero-order valence-electron chi connectivity index (χ0n) is 8.91. The predicted octanol–water partition coefficient (Wildman–Crippen LogP) is 2.04. The molecule has 14 heavy (non-hydrogen) atoms. The summed E-state index contributed by atoms with van der Waals surface area (Å²) in [6.07, 6.45) is 0.742. The van der Waals surface area contributed by atoms with Crippen molar-refractivity contribution < 1.29 is 9.53 Å². The Balaban J connectivity index is 0.00000169. The highest BCUT2D eigenvalue weighted by Crippen LogP contribution is 2.17. The number of hydrogen-bond donors (Lipinski definition) is 1. The molecule has 3 nitrogen and oxygen atoms in total. The summed E-state index contributed by atoms with van der Waals surface area (Å²) in [5, 5.41) is 0.313. The molecule has 1 heterocycles. The standard InChI is InChI=1S/C9H17NO2S.H2S/c1-9(2,3)12-8(11)10-5-4-7(13)6-10;/h7,13H,4-6H2,1-3H3;1H2/t7-;/m0./s1. The number of rotatable bonds is 0. The highest BCUT2D eigenvalue weighted by molar-refractivity contribution is 7.81. The van der Waals surface area contributed by atoms with Gasteiger partial charge in [-0.25, -0.2) is 4.79 Å². The Bertz CT molecular complexity index is 203. The molecule has 0 aromatic rings. The first-order valence-corrected chi connectivity index (χ1v) is 5.06. The minimum atomic E-state index is -0.397. The third kappa shape index (κ3) is 4.46. The second-order valence-corrected chi connectivity index (χ2v) is 5.10. The fraction of sp³-hybridized carbons (Fsp3) is 0.889. The van der Waals surface area contributed by atoms with E-state index >= 15 is 0 Å². The molecule has 0 N–H and O–H groups in total. The molecule has 0 spiro atoms. The molecule has 1 amide bonds. The van der Waals surface area contributed by atoms with Gasteiger partial charge in [0.15, 0.2) is 0 Å². The molecular formula is C9H19NO2S2. The number of likely N-dealkylation sites (tertiary alicyclic amines) is 1. The number of thiol groups is 1. The largest absolute Gasteiger partial charge is 0.444 e. The van der Waals surface area contributed by atoms with Gasteiger partial charge in [-0.3, -0.25) is 0 Å². The summed E-state index contributed by atoms with van der Waals surface area (Å²) in [4.78, 5) is 13.2. The average Bonchev–Trinajstić information content (AvgIpc) is 2.31. The molecule has 5 heteroatoms. The molecule has 0 bridgehead atoms. The summed E-state index contributed by atoms with van der Waals surface area (Å²) in [6, 6.07) is 0. The first-order chi connectivity index (χ1) is 5.88. The molecule has 1 rings (SSSR count). The van der Waals surface area contributed by atoms with E-state index in [0.29, 0.717) is 11.8 Å². The maximum absolute atomic E-state index is 11.5. The maximum Gasteiger partial charge on any atom is 0.410 e. The van der Waals surface area contributed by atoms with Gasteiger partial charge in [0, 0.05) is 18.3 Å². The van der Waals surface area contributed by atoms with Crippen LogP contribution in [0.15, 0.2) is 0 Å². The van der Waals surface area contributed by atoms with Crippen molar-refractivity contribution in [2.45, 2.75) is 38.0 Å². The molecule has 1 atom stereocenters. The second kappa shape index (κ2) is 5.16. The maximum atomic E-state index is 11.5. The Kier molecular flexibility index (Phi) is 5.15. The lowest BCUT2D eigenvalue weighted by Gasteiger charge is -2.24. The molecule has 0 unspecified atom stereocenters. The van der Waals surface area contributed by atoms with Gasteiger partial charge in [-0.2, -0.15) is 26.1 Å². The third-order valence-corrected chi connectivity index (χ3v) is 2.24. The zero-order chi connectivity index (χ0) is 10.1. The van der Waals surface area contributed by atoms with Crippen molar-refractivity contribution in [1.29, 1.82) is 0 Å². The Hall–Kier alpha value is -0.0300. The van der Waals surface area contributed by atoms with Crippen LogP contribution in [0.1, 0.15) is 27.2 Å². The van der Waals surface area contributed by atoms with E-state index in [4.69, 9.17) is 4.74 Å². The first-order valence-electron chi connectivity index (χ1n) is 4.54. The van der Waals surface area contributed by atoms with Gasteiger partial charge in [0.2, 0.25) is 0 Å². The van der Waals surface area contributed by atoms with Gasteiger partial charge in [-0.1, -0.05) is 0 Å². The van der Waals surface area contributed by atoms with E-state index in [1.807, 2.05) is 20.8 Å². The molecule has 0 radical (unpaired) electrons. The van der Waals surface area contributed by atoms with Gasteiger partial charge in [-0.05, 0) is 27.2 Å². The summed E-state index contributed by atoms with van der Waals surface area (Å²) in [7, 11) is 0. The van der Waals surface area contributed by atoms with Crippen LogP contribution in [-0.2, 0) is 4.74 Å². The number of ether oxygens (including phenoxy) is 1. The lowest BCUT2D eigenvalue weighted by molar-refractivity contribution is 0.0296. The Morgan fingerprint density at radius 3 is 2.43 bits per heavy atom. The minimum absolute atomic E-state index is 0. The van der Waals surface area contributed by atoms with Crippen LogP contribution >= 0.6 is 26.1 Å². The number of nitrogens with zero attached hydrogens (tertiary/aromatic N) is 1. The fourth-order valence-electron chi connectivity index (χ4n) is 1.23. The summed E-state index contributed by atoms with van der Waals surface area (Å²) < 4.78 is 5.22. The van der Waals surface area contributed by atoms with Gasteiger partial charge in [0.1, 0.15) is 5.60 Å². The molecule has 0 aliphatic carbocycles. The summed E-state index contributed by atoms with van der Waals surface area (Å²) in [5.74, 6) is 0. The number of carbonyl (C=O) groups is 1. The second-order valence-electron chi connectivity index (χ2n) is 4.37. The normalized spacial score (nSPS) is 21.7. The van der Waals surface area contributed by atoms with E-state index in [-0.39, 0.29) is 19.6 Å². The first kappa shape index (κ1) is 14.0. The van der Waals surface area contributed by atoms with Crippen LogP contribution in [0, 0.1) is 0 Å².